The van der Waals surface area contributed by atoms with Crippen molar-refractivity contribution in [1.29, 1.82) is 0 Å². The van der Waals surface area contributed by atoms with E-state index in [9.17, 15) is 0 Å². The third-order valence-electron chi connectivity index (χ3n) is 2.09. The summed E-state index contributed by atoms with van der Waals surface area (Å²) in [6.45, 7) is 1.89. The number of methoxy groups -OCH3 is 1. The van der Waals surface area contributed by atoms with Gasteiger partial charge in [-0.2, -0.15) is 0 Å². The van der Waals surface area contributed by atoms with Gasteiger partial charge in [-0.25, -0.2) is 4.98 Å². The summed E-state index contributed by atoms with van der Waals surface area (Å²) in [5, 5.41) is 8.94. The molecule has 1 aromatic heterocycles. The van der Waals surface area contributed by atoms with E-state index in [1.807, 2.05) is 17.0 Å². The van der Waals surface area contributed by atoms with E-state index in [2.05, 4.69) is 4.98 Å². The Morgan fingerprint density at radius 1 is 1.53 bits per heavy atom. The van der Waals surface area contributed by atoms with Crippen molar-refractivity contribution in [3.8, 4) is 0 Å². The molecule has 0 radical (unpaired) electrons. The molecule has 0 bridgehead atoms. The van der Waals surface area contributed by atoms with Crippen LogP contribution in [0.5, 0.6) is 0 Å². The summed E-state index contributed by atoms with van der Waals surface area (Å²) < 4.78 is 5.00. The summed E-state index contributed by atoms with van der Waals surface area (Å²) >= 11 is 0. The second kappa shape index (κ2) is 6.21. The summed E-state index contributed by atoms with van der Waals surface area (Å²) in [6.07, 6.45) is 1.65. The van der Waals surface area contributed by atoms with Crippen LogP contribution in [-0.4, -0.2) is 43.5 Å². The first kappa shape index (κ1) is 11.7. The quantitative estimate of drug-likeness (QED) is 0.698. The van der Waals surface area contributed by atoms with Crippen molar-refractivity contribution >= 4 is 11.5 Å². The zero-order valence-electron chi connectivity index (χ0n) is 8.89. The highest BCUT2D eigenvalue weighted by molar-refractivity contribution is 5.62. The van der Waals surface area contributed by atoms with Crippen LogP contribution in [0.1, 0.15) is 0 Å². The van der Waals surface area contributed by atoms with E-state index >= 15 is 0 Å². The van der Waals surface area contributed by atoms with Crippen LogP contribution >= 0.6 is 0 Å². The van der Waals surface area contributed by atoms with Crippen LogP contribution in [0, 0.1) is 0 Å². The molecule has 0 aliphatic rings. The topological polar surface area (TPSA) is 71.6 Å². The molecule has 0 aliphatic heterocycles. The van der Waals surface area contributed by atoms with Gasteiger partial charge in [0.15, 0.2) is 0 Å². The maximum Gasteiger partial charge on any atom is 0.146 e. The molecule has 1 rings (SSSR count). The molecule has 5 nitrogen and oxygen atoms in total. The molecular weight excluding hydrogens is 194 g/mol. The van der Waals surface area contributed by atoms with Gasteiger partial charge < -0.3 is 20.5 Å². The normalized spacial score (nSPS) is 10.3. The number of aromatic nitrogens is 1. The first-order valence-corrected chi connectivity index (χ1v) is 4.85. The predicted octanol–water partition coefficient (Wildman–Crippen LogP) is 0.109. The standard InChI is InChI=1S/C10H17N3O2/c1-15-8-6-13(5-7-14)9-3-2-4-12-10(9)11/h2-4,14H,5-8H2,1H3,(H2,11,12). The summed E-state index contributed by atoms with van der Waals surface area (Å²) in [7, 11) is 1.64. The molecule has 84 valence electrons. The van der Waals surface area contributed by atoms with Crippen LogP contribution in [0.15, 0.2) is 18.3 Å². The lowest BCUT2D eigenvalue weighted by Gasteiger charge is -2.24. The van der Waals surface area contributed by atoms with Gasteiger partial charge >= 0.3 is 0 Å². The van der Waals surface area contributed by atoms with E-state index < -0.39 is 0 Å². The van der Waals surface area contributed by atoms with E-state index in [-0.39, 0.29) is 6.61 Å². The van der Waals surface area contributed by atoms with Crippen molar-refractivity contribution in [2.75, 3.05) is 44.0 Å². The zero-order chi connectivity index (χ0) is 11.1. The molecule has 5 heteroatoms. The Labute approximate surface area is 89.5 Å². The van der Waals surface area contributed by atoms with Crippen molar-refractivity contribution in [3.63, 3.8) is 0 Å². The number of aliphatic hydroxyl groups is 1. The monoisotopic (exact) mass is 211 g/mol. The van der Waals surface area contributed by atoms with Gasteiger partial charge in [-0.05, 0) is 12.1 Å². The highest BCUT2D eigenvalue weighted by atomic mass is 16.5. The summed E-state index contributed by atoms with van der Waals surface area (Å²) in [5.74, 6) is 0.474. The molecule has 0 unspecified atom stereocenters. The third-order valence-corrected chi connectivity index (χ3v) is 2.09. The number of nitrogens with two attached hydrogens (primary N) is 1. The number of pyridine rings is 1. The highest BCUT2D eigenvalue weighted by Crippen LogP contribution is 2.19. The Hall–Kier alpha value is -1.33. The van der Waals surface area contributed by atoms with Crippen LogP contribution in [0.25, 0.3) is 0 Å². The second-order valence-electron chi connectivity index (χ2n) is 3.11. The summed E-state index contributed by atoms with van der Waals surface area (Å²) in [4.78, 5) is 5.95. The van der Waals surface area contributed by atoms with Gasteiger partial charge in [0.1, 0.15) is 5.82 Å². The van der Waals surface area contributed by atoms with Crippen molar-refractivity contribution in [2.24, 2.45) is 0 Å². The van der Waals surface area contributed by atoms with Crippen molar-refractivity contribution in [1.82, 2.24) is 4.98 Å². The maximum atomic E-state index is 8.94. The fraction of sp³-hybridized carbons (Fsp3) is 0.500. The van der Waals surface area contributed by atoms with Gasteiger partial charge in [-0.3, -0.25) is 0 Å². The minimum Gasteiger partial charge on any atom is -0.395 e. The molecule has 1 heterocycles. The SMILES string of the molecule is COCCN(CCO)c1cccnc1N. The van der Waals surface area contributed by atoms with Crippen LogP contribution < -0.4 is 10.6 Å². The zero-order valence-corrected chi connectivity index (χ0v) is 8.89. The van der Waals surface area contributed by atoms with Gasteiger partial charge in [0.2, 0.25) is 0 Å². The molecule has 0 amide bonds. The van der Waals surface area contributed by atoms with Crippen LogP contribution in [0.3, 0.4) is 0 Å². The molecule has 0 atom stereocenters. The summed E-state index contributed by atoms with van der Waals surface area (Å²) in [6, 6.07) is 3.70. The fourth-order valence-corrected chi connectivity index (χ4v) is 1.35. The first-order chi connectivity index (χ1) is 7.29. The van der Waals surface area contributed by atoms with Gasteiger partial charge in [0.05, 0.1) is 18.9 Å². The Morgan fingerprint density at radius 3 is 2.93 bits per heavy atom. The number of nitrogens with zero attached hydrogens (tertiary/aromatic N) is 2. The number of hydrogen-bond acceptors (Lipinski definition) is 5. The lowest BCUT2D eigenvalue weighted by atomic mass is 10.3. The number of aliphatic hydroxyl groups excluding tert-OH is 1. The number of ether oxygens (including phenoxy) is 1. The Bertz CT molecular complexity index is 294. The number of anilines is 2. The van der Waals surface area contributed by atoms with E-state index in [0.29, 0.717) is 25.5 Å². The Morgan fingerprint density at radius 2 is 2.33 bits per heavy atom. The van der Waals surface area contributed by atoms with Crippen LogP contribution in [0.2, 0.25) is 0 Å². The lowest BCUT2D eigenvalue weighted by Crippen LogP contribution is -2.30. The van der Waals surface area contributed by atoms with Crippen molar-refractivity contribution < 1.29 is 9.84 Å². The predicted molar refractivity (Wildman–Crippen MR) is 59.8 cm³/mol. The number of hydrogen-bond donors (Lipinski definition) is 2. The third kappa shape index (κ3) is 3.38. The summed E-state index contributed by atoms with van der Waals surface area (Å²) in [5.41, 5.74) is 6.58. The second-order valence-corrected chi connectivity index (χ2v) is 3.11. The van der Waals surface area contributed by atoms with E-state index in [0.717, 1.165) is 5.69 Å². The largest absolute Gasteiger partial charge is 0.395 e. The van der Waals surface area contributed by atoms with E-state index in [1.54, 1.807) is 13.3 Å². The Balaban J connectivity index is 2.74. The number of nitrogen functional groups attached to an aromatic ring is 1. The van der Waals surface area contributed by atoms with Crippen LogP contribution in [0.4, 0.5) is 11.5 Å². The van der Waals surface area contributed by atoms with E-state index in [1.165, 1.54) is 0 Å². The molecular formula is C10H17N3O2. The molecule has 1 aromatic rings. The first-order valence-electron chi connectivity index (χ1n) is 4.85. The van der Waals surface area contributed by atoms with Gasteiger partial charge in [0, 0.05) is 26.4 Å². The Kier molecular flexibility index (Phi) is 4.86. The molecule has 15 heavy (non-hydrogen) atoms. The maximum absolute atomic E-state index is 8.94. The fourth-order valence-electron chi connectivity index (χ4n) is 1.35. The molecule has 3 N–H and O–H groups in total. The van der Waals surface area contributed by atoms with Crippen molar-refractivity contribution in [2.45, 2.75) is 0 Å². The lowest BCUT2D eigenvalue weighted by molar-refractivity contribution is 0.203. The van der Waals surface area contributed by atoms with Crippen molar-refractivity contribution in [3.05, 3.63) is 18.3 Å². The molecule has 0 saturated heterocycles. The molecule has 0 spiro atoms. The minimum atomic E-state index is 0.0814. The highest BCUT2D eigenvalue weighted by Gasteiger charge is 2.08. The van der Waals surface area contributed by atoms with Gasteiger partial charge in [-0.15, -0.1) is 0 Å². The molecule has 0 aliphatic carbocycles. The average molecular weight is 211 g/mol. The smallest absolute Gasteiger partial charge is 0.146 e. The van der Waals surface area contributed by atoms with E-state index in [4.69, 9.17) is 15.6 Å². The van der Waals surface area contributed by atoms with Gasteiger partial charge in [-0.1, -0.05) is 0 Å². The number of rotatable bonds is 6. The van der Waals surface area contributed by atoms with Crippen LogP contribution in [-0.2, 0) is 4.74 Å². The molecule has 0 aromatic carbocycles. The molecule has 0 fully saturated rings. The minimum absolute atomic E-state index is 0.0814. The average Bonchev–Trinajstić information content (AvgIpc) is 2.25. The van der Waals surface area contributed by atoms with Gasteiger partial charge in [0.25, 0.3) is 0 Å². The molecule has 0 saturated carbocycles.